The first-order valence-electron chi connectivity index (χ1n) is 6.75. The third kappa shape index (κ3) is 3.84. The molecule has 0 aliphatic heterocycles. The molecule has 3 heteroatoms. The van der Waals surface area contributed by atoms with Crippen LogP contribution in [0.2, 0.25) is 0 Å². The summed E-state index contributed by atoms with van der Waals surface area (Å²) in [7, 11) is 0. The number of aliphatic hydroxyl groups is 1. The Balaban J connectivity index is 1.98. The molecule has 1 amide bonds. The van der Waals surface area contributed by atoms with E-state index in [9.17, 15) is 4.79 Å². The first-order valence-corrected chi connectivity index (χ1v) is 6.75. The Morgan fingerprint density at radius 1 is 1.53 bits per heavy atom. The van der Waals surface area contributed by atoms with Crippen LogP contribution in [0, 0.1) is 17.8 Å². The van der Waals surface area contributed by atoms with Crippen molar-refractivity contribution < 1.29 is 9.90 Å². The minimum atomic E-state index is -0.0215. The van der Waals surface area contributed by atoms with Gasteiger partial charge < -0.3 is 10.4 Å². The van der Waals surface area contributed by atoms with Crippen LogP contribution in [0.1, 0.15) is 42.1 Å². The number of aliphatic hydroxyl groups excluding tert-OH is 1. The zero-order valence-electron chi connectivity index (χ0n) is 11.1. The van der Waals surface area contributed by atoms with Crippen molar-refractivity contribution in [1.82, 2.24) is 5.32 Å². The second-order valence-electron chi connectivity index (χ2n) is 4.84. The van der Waals surface area contributed by atoms with Crippen molar-refractivity contribution in [2.45, 2.75) is 32.2 Å². The number of carbonyl (C=O) groups is 1. The van der Waals surface area contributed by atoms with E-state index in [4.69, 9.17) is 5.11 Å². The summed E-state index contributed by atoms with van der Waals surface area (Å²) in [6, 6.07) is 7.65. The average Bonchev–Trinajstić information content (AvgIpc) is 3.18. The summed E-state index contributed by atoms with van der Waals surface area (Å²) in [5.74, 6) is 6.42. The molecule has 1 aromatic carbocycles. The van der Waals surface area contributed by atoms with Gasteiger partial charge in [-0.25, -0.2) is 0 Å². The van der Waals surface area contributed by atoms with Crippen LogP contribution in [-0.2, 0) is 0 Å². The summed E-state index contributed by atoms with van der Waals surface area (Å²) in [6.07, 6.45) is 2.67. The summed E-state index contributed by atoms with van der Waals surface area (Å²) < 4.78 is 0. The first-order chi connectivity index (χ1) is 9.24. The normalized spacial score (nSPS) is 20.3. The first kappa shape index (κ1) is 13.6. The summed E-state index contributed by atoms with van der Waals surface area (Å²) in [5.41, 5.74) is 1.46. The fourth-order valence-corrected chi connectivity index (χ4v) is 2.09. The molecular formula is C16H19NO2. The van der Waals surface area contributed by atoms with Gasteiger partial charge in [-0.2, -0.15) is 0 Å². The van der Waals surface area contributed by atoms with E-state index in [1.807, 2.05) is 12.1 Å². The average molecular weight is 257 g/mol. The number of hydrogen-bond acceptors (Lipinski definition) is 2. The Hall–Kier alpha value is -1.79. The van der Waals surface area contributed by atoms with Crippen LogP contribution in [0.3, 0.4) is 0 Å². The third-order valence-electron chi connectivity index (χ3n) is 3.36. The maximum absolute atomic E-state index is 12.0. The van der Waals surface area contributed by atoms with Crippen molar-refractivity contribution in [3.05, 3.63) is 35.4 Å². The molecule has 2 atom stereocenters. The zero-order chi connectivity index (χ0) is 13.7. The molecule has 0 saturated heterocycles. The lowest BCUT2D eigenvalue weighted by molar-refractivity contribution is 0.0949. The lowest BCUT2D eigenvalue weighted by Gasteiger charge is -2.04. The summed E-state index contributed by atoms with van der Waals surface area (Å²) >= 11 is 0. The van der Waals surface area contributed by atoms with Crippen LogP contribution in [0.4, 0.5) is 0 Å². The highest BCUT2D eigenvalue weighted by Gasteiger charge is 2.36. The Bertz CT molecular complexity index is 513. The van der Waals surface area contributed by atoms with Crippen LogP contribution >= 0.6 is 0 Å². The highest BCUT2D eigenvalue weighted by Crippen LogP contribution is 2.33. The van der Waals surface area contributed by atoms with Gasteiger partial charge >= 0.3 is 0 Å². The highest BCUT2D eigenvalue weighted by atomic mass is 16.2. The Kier molecular flexibility index (Phi) is 4.59. The molecule has 1 aliphatic carbocycles. The van der Waals surface area contributed by atoms with Crippen molar-refractivity contribution >= 4 is 5.91 Å². The molecule has 2 unspecified atom stereocenters. The van der Waals surface area contributed by atoms with E-state index in [1.54, 1.807) is 12.1 Å². The molecule has 2 rings (SSSR count). The van der Waals surface area contributed by atoms with Gasteiger partial charge in [-0.3, -0.25) is 4.79 Å². The van der Waals surface area contributed by atoms with Gasteiger partial charge in [0.25, 0.3) is 5.91 Å². The number of carbonyl (C=O) groups excluding carboxylic acids is 1. The van der Waals surface area contributed by atoms with Crippen LogP contribution in [0.15, 0.2) is 24.3 Å². The second kappa shape index (κ2) is 6.40. The monoisotopic (exact) mass is 257 g/mol. The molecule has 3 nitrogen and oxygen atoms in total. The predicted octanol–water partition coefficient (Wildman–Crippen LogP) is 1.95. The molecule has 0 heterocycles. The molecule has 0 spiro atoms. The predicted molar refractivity (Wildman–Crippen MR) is 74.7 cm³/mol. The maximum atomic E-state index is 12.0. The standard InChI is InChI=1S/C16H19NO2/c1-2-13-11-15(13)17-16(19)14-8-5-7-12(10-14)6-3-4-9-18/h5,7-8,10,13,15,18H,2,4,9,11H2,1H3,(H,17,19). The van der Waals surface area contributed by atoms with Crippen LogP contribution in [0.5, 0.6) is 0 Å². The van der Waals surface area contributed by atoms with Crippen LogP contribution < -0.4 is 5.32 Å². The fraction of sp³-hybridized carbons (Fsp3) is 0.438. The third-order valence-corrected chi connectivity index (χ3v) is 3.36. The fourth-order valence-electron chi connectivity index (χ4n) is 2.09. The number of amides is 1. The van der Waals surface area contributed by atoms with E-state index >= 15 is 0 Å². The van der Waals surface area contributed by atoms with Gasteiger partial charge in [-0.05, 0) is 30.5 Å². The Morgan fingerprint density at radius 2 is 2.37 bits per heavy atom. The number of rotatable bonds is 4. The molecule has 1 fully saturated rings. The molecule has 19 heavy (non-hydrogen) atoms. The number of benzene rings is 1. The van der Waals surface area contributed by atoms with Crippen molar-refractivity contribution in [1.29, 1.82) is 0 Å². The minimum absolute atomic E-state index is 0.0215. The number of hydrogen-bond donors (Lipinski definition) is 2. The summed E-state index contributed by atoms with van der Waals surface area (Å²) in [6.45, 7) is 2.21. The summed E-state index contributed by atoms with van der Waals surface area (Å²) in [4.78, 5) is 12.0. The topological polar surface area (TPSA) is 49.3 Å². The van der Waals surface area contributed by atoms with E-state index in [0.717, 1.165) is 18.4 Å². The maximum Gasteiger partial charge on any atom is 0.251 e. The van der Waals surface area contributed by atoms with Crippen molar-refractivity contribution in [2.24, 2.45) is 5.92 Å². The van der Waals surface area contributed by atoms with Crippen molar-refractivity contribution in [2.75, 3.05) is 6.61 Å². The van der Waals surface area contributed by atoms with Crippen LogP contribution in [0.25, 0.3) is 0 Å². The molecule has 100 valence electrons. The smallest absolute Gasteiger partial charge is 0.251 e. The van der Waals surface area contributed by atoms with Crippen LogP contribution in [-0.4, -0.2) is 23.7 Å². The molecular weight excluding hydrogens is 238 g/mol. The Labute approximate surface area is 114 Å². The molecule has 0 aromatic heterocycles. The van der Waals surface area contributed by atoms with E-state index < -0.39 is 0 Å². The van der Waals surface area contributed by atoms with Gasteiger partial charge in [0.1, 0.15) is 0 Å². The van der Waals surface area contributed by atoms with E-state index in [-0.39, 0.29) is 12.5 Å². The lowest BCUT2D eigenvalue weighted by Crippen LogP contribution is -2.26. The van der Waals surface area contributed by atoms with E-state index in [2.05, 4.69) is 24.1 Å². The number of nitrogens with one attached hydrogen (secondary N) is 1. The SMILES string of the molecule is CCC1CC1NC(=O)c1cccc(C#CCCO)c1. The molecule has 0 radical (unpaired) electrons. The van der Waals surface area contributed by atoms with Gasteiger partial charge in [0, 0.05) is 23.6 Å². The molecule has 1 saturated carbocycles. The van der Waals surface area contributed by atoms with Crippen molar-refractivity contribution in [3.8, 4) is 11.8 Å². The van der Waals surface area contributed by atoms with Gasteiger partial charge in [-0.1, -0.05) is 31.3 Å². The lowest BCUT2D eigenvalue weighted by atomic mass is 10.1. The van der Waals surface area contributed by atoms with Gasteiger partial charge in [0.05, 0.1) is 6.61 Å². The highest BCUT2D eigenvalue weighted by molar-refractivity contribution is 5.94. The molecule has 1 aromatic rings. The van der Waals surface area contributed by atoms with Gasteiger partial charge in [0.15, 0.2) is 0 Å². The second-order valence-corrected chi connectivity index (χ2v) is 4.84. The molecule has 2 N–H and O–H groups in total. The Morgan fingerprint density at radius 3 is 3.05 bits per heavy atom. The summed E-state index contributed by atoms with van der Waals surface area (Å²) in [5, 5.41) is 11.7. The largest absolute Gasteiger partial charge is 0.395 e. The van der Waals surface area contributed by atoms with Crippen molar-refractivity contribution in [3.63, 3.8) is 0 Å². The van der Waals surface area contributed by atoms with E-state index in [0.29, 0.717) is 23.9 Å². The molecule has 0 bridgehead atoms. The molecule has 1 aliphatic rings. The van der Waals surface area contributed by atoms with E-state index in [1.165, 1.54) is 0 Å². The van der Waals surface area contributed by atoms with Gasteiger partial charge in [-0.15, -0.1) is 0 Å². The van der Waals surface area contributed by atoms with Gasteiger partial charge in [0.2, 0.25) is 0 Å². The minimum Gasteiger partial charge on any atom is -0.395 e. The quantitative estimate of drug-likeness (QED) is 0.810. The zero-order valence-corrected chi connectivity index (χ0v) is 11.1.